The van der Waals surface area contributed by atoms with Gasteiger partial charge in [-0.25, -0.2) is 0 Å². The first-order valence-electron chi connectivity index (χ1n) is 13.6. The van der Waals surface area contributed by atoms with E-state index in [2.05, 4.69) is 6.58 Å². The Balaban J connectivity index is 1.68. The van der Waals surface area contributed by atoms with Crippen LogP contribution in [0.1, 0.15) is 31.4 Å². The fraction of sp³-hybridized carbons (Fsp3) is 0.452. The second kappa shape index (κ2) is 10.3. The molecule has 0 aromatic heterocycles. The molecule has 2 bridgehead atoms. The standard InChI is InChI=1S/C31H35ClN2O6/c1-5-14-33(25-18(2)10-9-13-22(25)32)28(37)26-31-16-19(3)30(4,40-31)24(29(38)39)23(31)27(36)34(26)21(17-35)15-20-11-7-6-8-12-20/h5-13,19,21,23-24,26,35H,1,14-17H2,2-4H3,(H,38,39)/t19?,21-,23+,24-,26?,30+,31?/m1/s1. The summed E-state index contributed by atoms with van der Waals surface area (Å²) in [7, 11) is 0. The number of nitrogens with zero attached hydrogens (tertiary/aromatic N) is 2. The van der Waals surface area contributed by atoms with Gasteiger partial charge in [0.1, 0.15) is 17.6 Å². The Morgan fingerprint density at radius 3 is 2.55 bits per heavy atom. The van der Waals surface area contributed by atoms with Crippen LogP contribution in [0.15, 0.2) is 61.2 Å². The van der Waals surface area contributed by atoms with Gasteiger partial charge in [-0.1, -0.05) is 67.1 Å². The largest absolute Gasteiger partial charge is 0.481 e. The number of carboxylic acids is 1. The van der Waals surface area contributed by atoms with Crippen LogP contribution in [-0.2, 0) is 25.5 Å². The number of aryl methyl sites for hydroxylation is 1. The van der Waals surface area contributed by atoms with Crippen molar-refractivity contribution in [3.8, 4) is 0 Å². The molecule has 1 spiro atoms. The molecule has 8 nitrogen and oxygen atoms in total. The summed E-state index contributed by atoms with van der Waals surface area (Å²) >= 11 is 6.61. The van der Waals surface area contributed by atoms with Gasteiger partial charge >= 0.3 is 5.97 Å². The molecule has 212 valence electrons. The summed E-state index contributed by atoms with van der Waals surface area (Å²) in [5.41, 5.74) is -0.360. The lowest BCUT2D eigenvalue weighted by Gasteiger charge is -2.40. The molecule has 3 aliphatic heterocycles. The Bertz CT molecular complexity index is 1330. The molecule has 9 heteroatoms. The third-order valence-corrected chi connectivity index (χ3v) is 9.51. The lowest BCUT2D eigenvalue weighted by Crippen LogP contribution is -2.59. The maximum absolute atomic E-state index is 14.8. The summed E-state index contributed by atoms with van der Waals surface area (Å²) in [5, 5.41) is 21.3. The minimum Gasteiger partial charge on any atom is -0.481 e. The molecule has 3 fully saturated rings. The number of benzene rings is 2. The zero-order valence-corrected chi connectivity index (χ0v) is 23.7. The van der Waals surface area contributed by atoms with Crippen LogP contribution in [0.3, 0.4) is 0 Å². The van der Waals surface area contributed by atoms with E-state index < -0.39 is 59.5 Å². The number of halogens is 1. The van der Waals surface area contributed by atoms with Crippen LogP contribution >= 0.6 is 11.6 Å². The summed E-state index contributed by atoms with van der Waals surface area (Å²) in [6.07, 6.45) is 2.21. The van der Waals surface area contributed by atoms with E-state index >= 15 is 0 Å². The lowest BCUT2D eigenvalue weighted by molar-refractivity contribution is -0.157. The van der Waals surface area contributed by atoms with Gasteiger partial charge in [-0.15, -0.1) is 6.58 Å². The van der Waals surface area contributed by atoms with Gasteiger partial charge < -0.3 is 24.7 Å². The zero-order valence-electron chi connectivity index (χ0n) is 22.9. The van der Waals surface area contributed by atoms with E-state index in [9.17, 15) is 24.6 Å². The minimum atomic E-state index is -1.37. The van der Waals surface area contributed by atoms with Gasteiger partial charge in [0, 0.05) is 6.54 Å². The third-order valence-electron chi connectivity index (χ3n) is 9.21. The molecular weight excluding hydrogens is 532 g/mol. The molecule has 3 heterocycles. The lowest BCUT2D eigenvalue weighted by atomic mass is 9.62. The number of amides is 2. The number of carboxylic acid groups (broad SMARTS) is 1. The predicted octanol–water partition coefficient (Wildman–Crippen LogP) is 3.87. The SMILES string of the molecule is C=CCN(C(=O)C1N([C@@H](CO)Cc2ccccc2)C(=O)[C@@H]2[C@H](C(=O)O)[C@@]3(C)OC12CC3C)c1c(C)cccc1Cl. The van der Waals surface area contributed by atoms with E-state index in [0.29, 0.717) is 17.1 Å². The van der Waals surface area contributed by atoms with Crippen molar-refractivity contribution in [2.45, 2.75) is 56.9 Å². The molecule has 5 rings (SSSR count). The predicted molar refractivity (Wildman–Crippen MR) is 151 cm³/mol. The van der Waals surface area contributed by atoms with E-state index in [0.717, 1.165) is 11.1 Å². The summed E-state index contributed by atoms with van der Waals surface area (Å²) in [4.78, 5) is 44.7. The van der Waals surface area contributed by atoms with Gasteiger partial charge in [0.2, 0.25) is 5.91 Å². The second-order valence-electron chi connectivity index (χ2n) is 11.5. The molecule has 40 heavy (non-hydrogen) atoms. The Morgan fingerprint density at radius 2 is 1.95 bits per heavy atom. The quantitative estimate of drug-likeness (QED) is 0.446. The van der Waals surface area contributed by atoms with Crippen LogP contribution in [-0.4, -0.2) is 69.3 Å². The van der Waals surface area contributed by atoms with Crippen molar-refractivity contribution in [1.82, 2.24) is 4.90 Å². The van der Waals surface area contributed by atoms with E-state index in [-0.39, 0.29) is 18.9 Å². The third kappa shape index (κ3) is 4.07. The van der Waals surface area contributed by atoms with Crippen LogP contribution in [0.4, 0.5) is 5.69 Å². The number of anilines is 1. The Morgan fingerprint density at radius 1 is 1.25 bits per heavy atom. The molecule has 3 aliphatic rings. The van der Waals surface area contributed by atoms with Crippen molar-refractivity contribution in [2.75, 3.05) is 18.1 Å². The topological polar surface area (TPSA) is 107 Å². The summed E-state index contributed by atoms with van der Waals surface area (Å²) in [5.74, 6) is -4.47. The van der Waals surface area contributed by atoms with Gasteiger partial charge in [0.25, 0.3) is 5.91 Å². The smallest absolute Gasteiger partial charge is 0.310 e. The number of aliphatic hydroxyl groups is 1. The molecule has 0 saturated carbocycles. The number of ether oxygens (including phenoxy) is 1. The number of aliphatic carboxylic acids is 1. The van der Waals surface area contributed by atoms with E-state index in [1.807, 2.05) is 50.2 Å². The number of hydrogen-bond donors (Lipinski definition) is 2. The van der Waals surface area contributed by atoms with Gasteiger partial charge in [-0.3, -0.25) is 14.4 Å². The number of rotatable bonds is 9. The fourth-order valence-corrected chi connectivity index (χ4v) is 7.72. The second-order valence-corrected chi connectivity index (χ2v) is 11.9. The van der Waals surface area contributed by atoms with Crippen molar-refractivity contribution < 1.29 is 29.3 Å². The molecule has 2 aromatic rings. The maximum atomic E-state index is 14.8. The van der Waals surface area contributed by atoms with E-state index in [1.54, 1.807) is 25.1 Å². The number of likely N-dealkylation sites (tertiary alicyclic amines) is 1. The zero-order chi connectivity index (χ0) is 29.0. The van der Waals surface area contributed by atoms with Crippen molar-refractivity contribution in [1.29, 1.82) is 0 Å². The van der Waals surface area contributed by atoms with E-state index in [1.165, 1.54) is 9.80 Å². The highest BCUT2D eigenvalue weighted by atomic mass is 35.5. The van der Waals surface area contributed by atoms with Crippen LogP contribution in [0, 0.1) is 24.7 Å². The van der Waals surface area contributed by atoms with Gasteiger partial charge in [-0.2, -0.15) is 0 Å². The average Bonchev–Trinajstić information content (AvgIpc) is 3.43. The summed E-state index contributed by atoms with van der Waals surface area (Å²) in [6, 6.07) is 12.8. The molecule has 3 unspecified atom stereocenters. The monoisotopic (exact) mass is 566 g/mol. The highest BCUT2D eigenvalue weighted by Crippen LogP contribution is 2.65. The molecule has 7 atom stereocenters. The highest BCUT2D eigenvalue weighted by molar-refractivity contribution is 6.34. The maximum Gasteiger partial charge on any atom is 0.310 e. The highest BCUT2D eigenvalue weighted by Gasteiger charge is 2.80. The molecule has 0 aliphatic carbocycles. The van der Waals surface area contributed by atoms with Crippen LogP contribution in [0.2, 0.25) is 5.02 Å². The number of carbonyl (C=O) groups is 3. The molecular formula is C31H35ClN2O6. The van der Waals surface area contributed by atoms with E-state index in [4.69, 9.17) is 16.3 Å². The molecule has 3 saturated heterocycles. The Labute approximate surface area is 239 Å². The average molecular weight is 567 g/mol. The fourth-order valence-electron chi connectivity index (χ4n) is 7.40. The minimum absolute atomic E-state index is 0.111. The van der Waals surface area contributed by atoms with Gasteiger partial charge in [0.05, 0.1) is 34.9 Å². The number of hydrogen-bond acceptors (Lipinski definition) is 5. The summed E-state index contributed by atoms with van der Waals surface area (Å²) in [6.45, 7) is 9.02. The molecule has 2 N–H and O–H groups in total. The molecule has 0 radical (unpaired) electrons. The first kappa shape index (κ1) is 28.3. The van der Waals surface area contributed by atoms with Crippen molar-refractivity contribution in [3.05, 3.63) is 77.3 Å². The van der Waals surface area contributed by atoms with Crippen molar-refractivity contribution >= 4 is 35.1 Å². The first-order chi connectivity index (χ1) is 19.0. The number of para-hydroxylation sites is 1. The van der Waals surface area contributed by atoms with Crippen LogP contribution < -0.4 is 4.90 Å². The molecule has 2 aromatic carbocycles. The number of carbonyl (C=O) groups excluding carboxylic acids is 2. The summed E-state index contributed by atoms with van der Waals surface area (Å²) < 4.78 is 6.63. The van der Waals surface area contributed by atoms with Crippen molar-refractivity contribution in [2.24, 2.45) is 17.8 Å². The van der Waals surface area contributed by atoms with Crippen LogP contribution in [0.5, 0.6) is 0 Å². The van der Waals surface area contributed by atoms with Crippen molar-refractivity contribution in [3.63, 3.8) is 0 Å². The van der Waals surface area contributed by atoms with Gasteiger partial charge in [-0.05, 0) is 49.8 Å². The molecule has 2 amide bonds. The number of aliphatic hydroxyl groups excluding tert-OH is 1. The Kier molecular flexibility index (Phi) is 7.31. The van der Waals surface area contributed by atoms with Gasteiger partial charge in [0.15, 0.2) is 0 Å². The number of fused-ring (bicyclic) bond motifs is 1. The van der Waals surface area contributed by atoms with Crippen LogP contribution in [0.25, 0.3) is 0 Å². The Hall–Kier alpha value is -3.20. The normalized spacial score (nSPS) is 31.2. The first-order valence-corrected chi connectivity index (χ1v) is 14.0.